The molecule has 4 nitrogen and oxygen atoms in total. The van der Waals surface area contributed by atoms with E-state index in [1.807, 2.05) is 0 Å². The third kappa shape index (κ3) is 2.70. The highest BCUT2D eigenvalue weighted by Crippen LogP contribution is 2.47. The van der Waals surface area contributed by atoms with Gasteiger partial charge >= 0.3 is 0 Å². The van der Waals surface area contributed by atoms with Gasteiger partial charge in [0.05, 0.1) is 19.8 Å². The summed E-state index contributed by atoms with van der Waals surface area (Å²) in [4.78, 5) is 5.17. The highest BCUT2D eigenvalue weighted by Gasteiger charge is 2.39. The number of furan rings is 1. The third-order valence-electron chi connectivity index (χ3n) is 8.05. The molecule has 0 atom stereocenters. The minimum Gasteiger partial charge on any atom is -0.437 e. The second-order valence-corrected chi connectivity index (χ2v) is 11.2. The Morgan fingerprint density at radius 2 is 1.70 bits per heavy atom. The summed E-state index contributed by atoms with van der Waals surface area (Å²) in [6.07, 6.45) is 2.31. The molecule has 3 heterocycles. The Morgan fingerprint density at radius 3 is 2.45 bits per heavy atom. The van der Waals surface area contributed by atoms with Gasteiger partial charge in [0.1, 0.15) is 5.56 Å². The molecule has 0 N–H and O–H groups in total. The van der Waals surface area contributed by atoms with E-state index in [2.05, 4.69) is 100 Å². The molecule has 0 amide bonds. The van der Waals surface area contributed by atoms with Crippen molar-refractivity contribution < 1.29 is 8.98 Å². The molecule has 1 aliphatic rings. The SMILES string of the molecule is Cc1ccc2c(oc3nc4c(cc32)C(C)(C)CCC4(C)C)c1-c1n(C)c2ccccc2[n+]1C. The number of imidazole rings is 1. The van der Waals surface area contributed by atoms with Gasteiger partial charge < -0.3 is 4.42 Å². The van der Waals surface area contributed by atoms with Crippen molar-refractivity contribution in [3.8, 4) is 11.4 Å². The zero-order valence-electron chi connectivity index (χ0n) is 20.7. The summed E-state index contributed by atoms with van der Waals surface area (Å²) in [5.74, 6) is 1.14. The second kappa shape index (κ2) is 6.47. The van der Waals surface area contributed by atoms with Crippen LogP contribution in [0, 0.1) is 6.92 Å². The van der Waals surface area contributed by atoms with Gasteiger partial charge in [0.15, 0.2) is 16.6 Å². The fourth-order valence-electron chi connectivity index (χ4n) is 5.87. The van der Waals surface area contributed by atoms with Crippen molar-refractivity contribution in [1.82, 2.24) is 9.55 Å². The second-order valence-electron chi connectivity index (χ2n) is 11.2. The Labute approximate surface area is 194 Å². The van der Waals surface area contributed by atoms with Crippen LogP contribution in [-0.2, 0) is 24.9 Å². The van der Waals surface area contributed by atoms with E-state index < -0.39 is 0 Å². The molecule has 0 saturated heterocycles. The standard InChI is InChI=1S/C29H32N3O/c1-17-12-13-18-19-16-20-25(29(4,5)15-14-28(20,2)3)30-26(19)33-24(18)23(17)27-31(6)21-10-8-9-11-22(21)32(27)7/h8-13,16H,14-15H2,1-7H3/q+1. The average molecular weight is 439 g/mol. The van der Waals surface area contributed by atoms with Crippen LogP contribution in [-0.4, -0.2) is 9.55 Å². The molecule has 0 unspecified atom stereocenters. The predicted octanol–water partition coefficient (Wildman–Crippen LogP) is 6.62. The quantitative estimate of drug-likeness (QED) is 0.276. The van der Waals surface area contributed by atoms with Crippen LogP contribution >= 0.6 is 0 Å². The topological polar surface area (TPSA) is 34.8 Å². The number of rotatable bonds is 1. The zero-order chi connectivity index (χ0) is 23.3. The summed E-state index contributed by atoms with van der Waals surface area (Å²) >= 11 is 0. The third-order valence-corrected chi connectivity index (χ3v) is 8.05. The number of para-hydroxylation sites is 2. The van der Waals surface area contributed by atoms with Crippen molar-refractivity contribution in [3.63, 3.8) is 0 Å². The molecule has 3 aromatic heterocycles. The summed E-state index contributed by atoms with van der Waals surface area (Å²) in [6, 6.07) is 15.3. The first-order valence-corrected chi connectivity index (χ1v) is 11.9. The molecule has 0 bridgehead atoms. The summed E-state index contributed by atoms with van der Waals surface area (Å²) in [5.41, 5.74) is 9.17. The fraction of sp³-hybridized carbons (Fsp3) is 0.379. The monoisotopic (exact) mass is 438 g/mol. The summed E-state index contributed by atoms with van der Waals surface area (Å²) < 4.78 is 11.2. The van der Waals surface area contributed by atoms with Crippen molar-refractivity contribution in [3.05, 3.63) is 59.3 Å². The van der Waals surface area contributed by atoms with Crippen molar-refractivity contribution in [1.29, 1.82) is 0 Å². The maximum atomic E-state index is 6.61. The van der Waals surface area contributed by atoms with Crippen molar-refractivity contribution in [2.75, 3.05) is 0 Å². The Bertz CT molecular complexity index is 1560. The van der Waals surface area contributed by atoms with Crippen LogP contribution in [0.5, 0.6) is 0 Å². The molecule has 0 spiro atoms. The van der Waals surface area contributed by atoms with Crippen molar-refractivity contribution in [2.24, 2.45) is 14.1 Å². The molecule has 2 aromatic carbocycles. The Morgan fingerprint density at radius 1 is 0.970 bits per heavy atom. The van der Waals surface area contributed by atoms with E-state index in [9.17, 15) is 0 Å². The maximum Gasteiger partial charge on any atom is 0.293 e. The number of hydrogen-bond donors (Lipinski definition) is 0. The van der Waals surface area contributed by atoms with Gasteiger partial charge in [-0.1, -0.05) is 52.0 Å². The molecule has 33 heavy (non-hydrogen) atoms. The fourth-order valence-corrected chi connectivity index (χ4v) is 5.87. The lowest BCUT2D eigenvalue weighted by Gasteiger charge is -2.40. The molecule has 4 heteroatoms. The highest BCUT2D eigenvalue weighted by molar-refractivity contribution is 6.09. The normalized spacial score (nSPS) is 17.2. The van der Waals surface area contributed by atoms with Gasteiger partial charge in [-0.25, -0.2) is 14.1 Å². The maximum absolute atomic E-state index is 6.61. The molecule has 168 valence electrons. The van der Waals surface area contributed by atoms with Crippen LogP contribution in [0.4, 0.5) is 0 Å². The minimum atomic E-state index is 0.0546. The molecule has 6 rings (SSSR count). The molecular formula is C29H32N3O+. The van der Waals surface area contributed by atoms with Crippen LogP contribution in [0.2, 0.25) is 0 Å². The number of pyridine rings is 1. The Balaban J connectivity index is 1.72. The van der Waals surface area contributed by atoms with Gasteiger partial charge in [0, 0.05) is 16.2 Å². The first-order chi connectivity index (χ1) is 15.6. The van der Waals surface area contributed by atoms with Crippen molar-refractivity contribution >= 4 is 33.1 Å². The number of aromatic nitrogens is 3. The summed E-state index contributed by atoms with van der Waals surface area (Å²) in [5, 5.41) is 2.27. The number of hydrogen-bond acceptors (Lipinski definition) is 2. The number of fused-ring (bicyclic) bond motifs is 5. The van der Waals surface area contributed by atoms with Crippen LogP contribution in [0.3, 0.4) is 0 Å². The van der Waals surface area contributed by atoms with E-state index in [0.717, 1.165) is 39.9 Å². The lowest BCUT2D eigenvalue weighted by atomic mass is 9.65. The average Bonchev–Trinajstić information content (AvgIpc) is 3.26. The van der Waals surface area contributed by atoms with Gasteiger partial charge in [0.2, 0.25) is 5.71 Å². The highest BCUT2D eigenvalue weighted by atomic mass is 16.3. The molecule has 0 fully saturated rings. The van der Waals surface area contributed by atoms with Crippen LogP contribution in [0.1, 0.15) is 57.4 Å². The van der Waals surface area contributed by atoms with E-state index in [4.69, 9.17) is 9.40 Å². The summed E-state index contributed by atoms with van der Waals surface area (Å²) in [6.45, 7) is 11.5. The first kappa shape index (κ1) is 20.5. The van der Waals surface area contributed by atoms with Crippen LogP contribution in [0.15, 0.2) is 46.9 Å². The molecule has 0 aliphatic heterocycles. The Kier molecular flexibility index (Phi) is 4.01. The number of nitrogens with zero attached hydrogens (tertiary/aromatic N) is 3. The van der Waals surface area contributed by atoms with Crippen LogP contribution in [0.25, 0.3) is 44.5 Å². The predicted molar refractivity (Wildman–Crippen MR) is 135 cm³/mol. The van der Waals surface area contributed by atoms with E-state index in [-0.39, 0.29) is 10.8 Å². The van der Waals surface area contributed by atoms with E-state index in [1.165, 1.54) is 34.3 Å². The van der Waals surface area contributed by atoms with Crippen molar-refractivity contribution in [2.45, 2.75) is 58.3 Å². The molecule has 0 radical (unpaired) electrons. The smallest absolute Gasteiger partial charge is 0.293 e. The van der Waals surface area contributed by atoms with Crippen LogP contribution < -0.4 is 4.57 Å². The molecular weight excluding hydrogens is 406 g/mol. The van der Waals surface area contributed by atoms with E-state index >= 15 is 0 Å². The van der Waals surface area contributed by atoms with E-state index in [1.54, 1.807) is 0 Å². The molecule has 1 aliphatic carbocycles. The number of aryl methyl sites for hydroxylation is 3. The van der Waals surface area contributed by atoms with E-state index in [0.29, 0.717) is 0 Å². The van der Waals surface area contributed by atoms with Gasteiger partial charge in [-0.3, -0.25) is 0 Å². The lowest BCUT2D eigenvalue weighted by molar-refractivity contribution is -0.634. The van der Waals surface area contributed by atoms with Gasteiger partial charge in [-0.05, 0) is 54.5 Å². The largest absolute Gasteiger partial charge is 0.437 e. The minimum absolute atomic E-state index is 0.0546. The van der Waals surface area contributed by atoms with Gasteiger partial charge in [-0.2, -0.15) is 0 Å². The Hall–Kier alpha value is -3.14. The molecule has 0 saturated carbocycles. The number of benzene rings is 2. The molecule has 5 aromatic rings. The summed E-state index contributed by atoms with van der Waals surface area (Å²) in [7, 11) is 4.28. The van der Waals surface area contributed by atoms with Gasteiger partial charge in [0.25, 0.3) is 5.82 Å². The zero-order valence-corrected chi connectivity index (χ0v) is 20.7. The van der Waals surface area contributed by atoms with Gasteiger partial charge in [-0.15, -0.1) is 0 Å². The first-order valence-electron chi connectivity index (χ1n) is 11.9. The lowest BCUT2D eigenvalue weighted by Crippen LogP contribution is -2.34.